The van der Waals surface area contributed by atoms with Gasteiger partial charge in [0.05, 0.1) is 0 Å². The Morgan fingerprint density at radius 1 is 0.814 bits per heavy atom. The number of benzene rings is 3. The molecule has 3 amide bonds. The summed E-state index contributed by atoms with van der Waals surface area (Å²) in [6, 6.07) is 22.1. The smallest absolute Gasteiger partial charge is 0.408 e. The molecule has 3 aromatic rings. The second kappa shape index (κ2) is 15.8. The van der Waals surface area contributed by atoms with Crippen LogP contribution in [0, 0.1) is 13.8 Å². The first-order valence-electron chi connectivity index (χ1n) is 14.8. The third-order valence-electron chi connectivity index (χ3n) is 6.87. The molecule has 8 heteroatoms. The van der Waals surface area contributed by atoms with Gasteiger partial charge in [-0.25, -0.2) is 4.79 Å². The Hall–Kier alpha value is -4.33. The quantitative estimate of drug-likeness (QED) is 0.227. The molecule has 3 aromatic carbocycles. The van der Waals surface area contributed by atoms with E-state index >= 15 is 0 Å². The van der Waals surface area contributed by atoms with Gasteiger partial charge in [-0.3, -0.25) is 9.59 Å². The highest BCUT2D eigenvalue weighted by molar-refractivity contribution is 5.91. The molecule has 0 unspecified atom stereocenters. The Kier molecular flexibility index (Phi) is 12.2. The predicted octanol–water partition coefficient (Wildman–Crippen LogP) is 5.57. The second-order valence-corrected chi connectivity index (χ2v) is 11.8. The van der Waals surface area contributed by atoms with Crippen molar-refractivity contribution in [2.75, 3.05) is 6.54 Å². The van der Waals surface area contributed by atoms with Crippen LogP contribution < -0.4 is 20.7 Å². The zero-order valence-corrected chi connectivity index (χ0v) is 26.2. The highest BCUT2D eigenvalue weighted by Crippen LogP contribution is 2.24. The van der Waals surface area contributed by atoms with E-state index in [9.17, 15) is 14.4 Å². The van der Waals surface area contributed by atoms with Gasteiger partial charge in [0.25, 0.3) is 0 Å². The van der Waals surface area contributed by atoms with Crippen molar-refractivity contribution in [3.8, 4) is 5.75 Å². The molecule has 0 spiro atoms. The average Bonchev–Trinajstić information content (AvgIpc) is 2.95. The van der Waals surface area contributed by atoms with Crippen LogP contribution in [0.25, 0.3) is 0 Å². The van der Waals surface area contributed by atoms with Gasteiger partial charge in [-0.1, -0.05) is 60.7 Å². The number of hydrogen-bond donors (Lipinski definition) is 3. The number of carbonyl (C=O) groups excluding carboxylic acids is 3. The zero-order valence-electron chi connectivity index (χ0n) is 26.2. The molecule has 0 aromatic heterocycles. The number of carbonyl (C=O) groups is 3. The average molecular weight is 588 g/mol. The summed E-state index contributed by atoms with van der Waals surface area (Å²) in [5.41, 5.74) is 4.29. The molecule has 0 bridgehead atoms. The lowest BCUT2D eigenvalue weighted by molar-refractivity contribution is -0.129. The van der Waals surface area contributed by atoms with E-state index in [1.807, 2.05) is 74.5 Å². The Balaban J connectivity index is 1.65. The summed E-state index contributed by atoms with van der Waals surface area (Å²) in [6.07, 6.45) is 1.14. The van der Waals surface area contributed by atoms with E-state index in [-0.39, 0.29) is 12.3 Å². The molecule has 2 atom stereocenters. The van der Waals surface area contributed by atoms with Crippen LogP contribution in [0.15, 0.2) is 72.8 Å². The molecular formula is C35H45N3O5. The molecule has 0 heterocycles. The van der Waals surface area contributed by atoms with Crippen molar-refractivity contribution in [3.05, 3.63) is 101 Å². The molecule has 0 saturated carbocycles. The summed E-state index contributed by atoms with van der Waals surface area (Å²) in [5.74, 6) is -0.0352. The predicted molar refractivity (Wildman–Crippen MR) is 169 cm³/mol. The maximum absolute atomic E-state index is 13.4. The fourth-order valence-electron chi connectivity index (χ4n) is 4.64. The van der Waals surface area contributed by atoms with Gasteiger partial charge >= 0.3 is 6.09 Å². The van der Waals surface area contributed by atoms with Gasteiger partial charge in [-0.05, 0) is 94.3 Å². The van der Waals surface area contributed by atoms with Crippen LogP contribution in [-0.2, 0) is 33.8 Å². The van der Waals surface area contributed by atoms with Gasteiger partial charge in [0, 0.05) is 13.0 Å². The van der Waals surface area contributed by atoms with E-state index in [1.165, 1.54) is 5.56 Å². The molecule has 3 rings (SSSR count). The summed E-state index contributed by atoms with van der Waals surface area (Å²) < 4.78 is 11.4. The Morgan fingerprint density at radius 2 is 1.40 bits per heavy atom. The molecule has 8 nitrogen and oxygen atoms in total. The Labute approximate surface area is 255 Å². The van der Waals surface area contributed by atoms with Gasteiger partial charge in [0.15, 0.2) is 0 Å². The zero-order chi connectivity index (χ0) is 31.4. The topological polar surface area (TPSA) is 106 Å². The third kappa shape index (κ3) is 11.5. The van der Waals surface area contributed by atoms with Crippen LogP contribution in [0.4, 0.5) is 4.79 Å². The Bertz CT molecular complexity index is 1330. The first-order valence-corrected chi connectivity index (χ1v) is 14.8. The molecule has 0 saturated heterocycles. The molecule has 0 radical (unpaired) electrons. The van der Waals surface area contributed by atoms with E-state index in [0.29, 0.717) is 13.2 Å². The largest absolute Gasteiger partial charge is 0.489 e. The number of aryl methyl sites for hydroxylation is 3. The van der Waals surface area contributed by atoms with E-state index < -0.39 is 29.7 Å². The van der Waals surface area contributed by atoms with Crippen LogP contribution in [0.2, 0.25) is 0 Å². The van der Waals surface area contributed by atoms with Crippen molar-refractivity contribution in [3.63, 3.8) is 0 Å². The van der Waals surface area contributed by atoms with Crippen molar-refractivity contribution in [1.29, 1.82) is 0 Å². The monoisotopic (exact) mass is 587 g/mol. The summed E-state index contributed by atoms with van der Waals surface area (Å²) in [6.45, 7) is 11.7. The lowest BCUT2D eigenvalue weighted by Crippen LogP contribution is -2.54. The van der Waals surface area contributed by atoms with Gasteiger partial charge < -0.3 is 25.4 Å². The molecule has 0 fully saturated rings. The molecule has 3 N–H and O–H groups in total. The normalized spacial score (nSPS) is 12.5. The molecule has 43 heavy (non-hydrogen) atoms. The van der Waals surface area contributed by atoms with E-state index in [1.54, 1.807) is 27.7 Å². The van der Waals surface area contributed by atoms with Gasteiger partial charge in [0.2, 0.25) is 11.8 Å². The van der Waals surface area contributed by atoms with Gasteiger partial charge in [0.1, 0.15) is 30.0 Å². The van der Waals surface area contributed by atoms with Crippen molar-refractivity contribution in [2.24, 2.45) is 0 Å². The highest BCUT2D eigenvalue weighted by atomic mass is 16.6. The Morgan fingerprint density at radius 3 is 1.98 bits per heavy atom. The molecule has 0 aliphatic heterocycles. The first kappa shape index (κ1) is 33.2. The van der Waals surface area contributed by atoms with Crippen molar-refractivity contribution in [2.45, 2.75) is 85.1 Å². The third-order valence-corrected chi connectivity index (χ3v) is 6.87. The van der Waals surface area contributed by atoms with Crippen molar-refractivity contribution >= 4 is 17.9 Å². The summed E-state index contributed by atoms with van der Waals surface area (Å²) >= 11 is 0. The minimum atomic E-state index is -0.961. The molecular weight excluding hydrogens is 542 g/mol. The standard InChI is InChI=1S/C35H45N3O5/c1-24-20-29(42-23-28-16-11-8-12-17-28)21-25(2)30(24)22-31(38-34(41)43-35(4,5)6)33(40)37-26(3)32(39)36-19-13-18-27-14-9-7-10-15-27/h7-12,14-17,20-21,26,31H,13,18-19,22-23H2,1-6H3,(H,36,39)(H,37,40)(H,38,41)/t26-,31+/m1/s1. The lowest BCUT2D eigenvalue weighted by atomic mass is 9.95. The summed E-state index contributed by atoms with van der Waals surface area (Å²) in [4.78, 5) is 38.9. The number of nitrogens with one attached hydrogen (secondary N) is 3. The van der Waals surface area contributed by atoms with E-state index in [4.69, 9.17) is 9.47 Å². The fourth-order valence-corrected chi connectivity index (χ4v) is 4.64. The number of alkyl carbamates (subject to hydrolysis) is 1. The van der Waals surface area contributed by atoms with Crippen molar-refractivity contribution < 1.29 is 23.9 Å². The van der Waals surface area contributed by atoms with Crippen LogP contribution >= 0.6 is 0 Å². The van der Waals surface area contributed by atoms with E-state index in [0.717, 1.165) is 40.8 Å². The van der Waals surface area contributed by atoms with Crippen LogP contribution in [-0.4, -0.2) is 42.1 Å². The molecule has 0 aliphatic rings. The number of rotatable bonds is 13. The maximum atomic E-state index is 13.4. The number of ether oxygens (including phenoxy) is 2. The van der Waals surface area contributed by atoms with E-state index in [2.05, 4.69) is 28.1 Å². The van der Waals surface area contributed by atoms with Gasteiger partial charge in [-0.15, -0.1) is 0 Å². The molecule has 230 valence electrons. The minimum absolute atomic E-state index is 0.215. The summed E-state index contributed by atoms with van der Waals surface area (Å²) in [5, 5.41) is 8.37. The molecule has 0 aliphatic carbocycles. The number of amides is 3. The lowest BCUT2D eigenvalue weighted by Gasteiger charge is -2.25. The minimum Gasteiger partial charge on any atom is -0.489 e. The number of hydrogen-bond acceptors (Lipinski definition) is 5. The van der Waals surface area contributed by atoms with Crippen molar-refractivity contribution in [1.82, 2.24) is 16.0 Å². The van der Waals surface area contributed by atoms with Crippen LogP contribution in [0.1, 0.15) is 61.9 Å². The second-order valence-electron chi connectivity index (χ2n) is 11.8. The van der Waals surface area contributed by atoms with Crippen LogP contribution in [0.3, 0.4) is 0 Å². The SMILES string of the molecule is Cc1cc(OCc2ccccc2)cc(C)c1C[C@H](NC(=O)OC(C)(C)C)C(=O)N[C@H](C)C(=O)NCCCc1ccccc1. The fraction of sp³-hybridized carbons (Fsp3) is 0.400. The first-order chi connectivity index (χ1) is 20.4. The summed E-state index contributed by atoms with van der Waals surface area (Å²) in [7, 11) is 0. The van der Waals surface area contributed by atoms with Gasteiger partial charge in [-0.2, -0.15) is 0 Å². The highest BCUT2D eigenvalue weighted by Gasteiger charge is 2.28. The maximum Gasteiger partial charge on any atom is 0.408 e. The van der Waals surface area contributed by atoms with Crippen LogP contribution in [0.5, 0.6) is 5.75 Å².